The van der Waals surface area contributed by atoms with E-state index in [0.29, 0.717) is 23.9 Å². The van der Waals surface area contributed by atoms with E-state index in [4.69, 9.17) is 13.8 Å². The fourth-order valence-corrected chi connectivity index (χ4v) is 8.83. The first-order valence-electron chi connectivity index (χ1n) is 30.0. The van der Waals surface area contributed by atoms with Crippen LogP contribution in [0.2, 0.25) is 0 Å². The minimum Gasteiger partial charge on any atom is -0.756 e. The molecule has 0 aromatic heterocycles. The van der Waals surface area contributed by atoms with Crippen LogP contribution in [0.4, 0.5) is 0 Å². The molecule has 10 heteroatoms. The Hall–Kier alpha value is -3.07. The Balaban J connectivity index is 5.25. The SMILES string of the molecule is CC/C=C/C/C=C/C/C=C/CCCCCCC(=O)NC(COP(=O)([O-])OCC[N+](C)(C)C)C(/C=C\CCCCCCCCCCC)OC(=O)CCCCCCCCC/C=C\C/C=C\C/C=C\C/C=C\CCCCC. The van der Waals surface area contributed by atoms with Gasteiger partial charge in [0.1, 0.15) is 19.3 Å². The Morgan fingerprint density at radius 1 is 0.486 bits per heavy atom. The summed E-state index contributed by atoms with van der Waals surface area (Å²) in [5.41, 5.74) is 0. The van der Waals surface area contributed by atoms with Gasteiger partial charge in [-0.3, -0.25) is 14.2 Å². The van der Waals surface area contributed by atoms with Crippen LogP contribution in [-0.2, 0) is 27.9 Å². The van der Waals surface area contributed by atoms with Crippen LogP contribution in [0, 0.1) is 0 Å². The molecule has 3 unspecified atom stereocenters. The normalized spacial score (nSPS) is 14.4. The third kappa shape index (κ3) is 53.7. The minimum absolute atomic E-state index is 0.0335. The minimum atomic E-state index is -4.71. The van der Waals surface area contributed by atoms with Gasteiger partial charge < -0.3 is 28.5 Å². The molecule has 1 amide bonds. The van der Waals surface area contributed by atoms with Crippen molar-refractivity contribution >= 4 is 19.7 Å². The topological polar surface area (TPSA) is 114 Å². The molecule has 0 aliphatic carbocycles. The van der Waals surface area contributed by atoms with Crippen molar-refractivity contribution in [3.8, 4) is 0 Å². The predicted octanol–water partition coefficient (Wildman–Crippen LogP) is 17.8. The first kappa shape index (κ1) is 70.9. The van der Waals surface area contributed by atoms with E-state index in [9.17, 15) is 19.0 Å². The number of likely N-dealkylation sites (N-methyl/N-ethyl adjacent to an activating group) is 1. The van der Waals surface area contributed by atoms with Crippen molar-refractivity contribution < 1.29 is 37.3 Å². The molecule has 0 heterocycles. The third-order valence-corrected chi connectivity index (χ3v) is 13.7. The summed E-state index contributed by atoms with van der Waals surface area (Å²) in [6.45, 7) is 6.65. The fraction of sp³-hybridized carbons (Fsp3) is 0.719. The third-order valence-electron chi connectivity index (χ3n) is 12.7. The van der Waals surface area contributed by atoms with E-state index < -0.39 is 26.6 Å². The lowest BCUT2D eigenvalue weighted by Crippen LogP contribution is -2.47. The first-order chi connectivity index (χ1) is 35.9. The van der Waals surface area contributed by atoms with Crippen LogP contribution in [-0.4, -0.2) is 69.4 Å². The second-order valence-electron chi connectivity index (χ2n) is 21.1. The number of phosphoric ester groups is 1. The Morgan fingerprint density at radius 2 is 0.865 bits per heavy atom. The average molecular weight is 1050 g/mol. The molecule has 426 valence electrons. The molecule has 0 aliphatic heterocycles. The highest BCUT2D eigenvalue weighted by atomic mass is 31.2. The summed E-state index contributed by atoms with van der Waals surface area (Å²) >= 11 is 0. The molecule has 0 rings (SSSR count). The maximum Gasteiger partial charge on any atom is 0.306 e. The van der Waals surface area contributed by atoms with Crippen molar-refractivity contribution in [1.29, 1.82) is 0 Å². The van der Waals surface area contributed by atoms with Gasteiger partial charge in [-0.15, -0.1) is 0 Å². The van der Waals surface area contributed by atoms with Crippen LogP contribution in [0.25, 0.3) is 0 Å². The Kier molecular flexibility index (Phi) is 51.1. The molecule has 9 nitrogen and oxygen atoms in total. The van der Waals surface area contributed by atoms with Crippen molar-refractivity contribution in [1.82, 2.24) is 5.32 Å². The second kappa shape index (κ2) is 53.3. The van der Waals surface area contributed by atoms with E-state index in [0.717, 1.165) is 109 Å². The molecule has 0 aromatic carbocycles. The van der Waals surface area contributed by atoms with Gasteiger partial charge in [0, 0.05) is 12.8 Å². The number of hydrogen-bond acceptors (Lipinski definition) is 7. The maximum absolute atomic E-state index is 13.5. The number of nitrogens with one attached hydrogen (secondary N) is 1. The number of rotatable bonds is 53. The molecule has 0 spiro atoms. The highest BCUT2D eigenvalue weighted by Gasteiger charge is 2.27. The number of quaternary nitrogens is 1. The number of esters is 1. The molecular weight excluding hydrogens is 940 g/mol. The number of amides is 1. The summed E-state index contributed by atoms with van der Waals surface area (Å²) in [4.78, 5) is 39.9. The van der Waals surface area contributed by atoms with E-state index in [2.05, 4.69) is 111 Å². The molecule has 0 bridgehead atoms. The monoisotopic (exact) mass is 1050 g/mol. The number of hydrogen-bond donors (Lipinski definition) is 1. The van der Waals surface area contributed by atoms with Gasteiger partial charge in [0.15, 0.2) is 0 Å². The zero-order valence-electron chi connectivity index (χ0n) is 48.5. The zero-order chi connectivity index (χ0) is 54.3. The van der Waals surface area contributed by atoms with Gasteiger partial charge in [-0.2, -0.15) is 0 Å². The summed E-state index contributed by atoms with van der Waals surface area (Å²) in [6, 6.07) is -0.909. The Labute approximate surface area is 456 Å². The van der Waals surface area contributed by atoms with Crippen LogP contribution in [0.15, 0.2) is 97.2 Å². The van der Waals surface area contributed by atoms with Gasteiger partial charge in [-0.25, -0.2) is 0 Å². The lowest BCUT2D eigenvalue weighted by Gasteiger charge is -2.30. The smallest absolute Gasteiger partial charge is 0.306 e. The fourth-order valence-electron chi connectivity index (χ4n) is 8.11. The molecular formula is C64H113N2O7P. The number of phosphoric acid groups is 1. The zero-order valence-corrected chi connectivity index (χ0v) is 49.4. The second-order valence-corrected chi connectivity index (χ2v) is 22.5. The van der Waals surface area contributed by atoms with E-state index in [1.807, 2.05) is 33.3 Å². The van der Waals surface area contributed by atoms with Gasteiger partial charge in [-0.1, -0.05) is 221 Å². The highest BCUT2D eigenvalue weighted by Crippen LogP contribution is 2.38. The van der Waals surface area contributed by atoms with E-state index in [1.54, 1.807) is 0 Å². The van der Waals surface area contributed by atoms with E-state index in [-0.39, 0.29) is 31.3 Å². The molecule has 0 saturated heterocycles. The largest absolute Gasteiger partial charge is 0.756 e. The van der Waals surface area contributed by atoms with E-state index >= 15 is 0 Å². The Bertz CT molecular complexity index is 1590. The molecule has 0 aromatic rings. The van der Waals surface area contributed by atoms with Gasteiger partial charge in [0.05, 0.1) is 33.8 Å². The highest BCUT2D eigenvalue weighted by molar-refractivity contribution is 7.45. The molecule has 0 saturated carbocycles. The van der Waals surface area contributed by atoms with Crippen LogP contribution >= 0.6 is 7.82 Å². The first-order valence-corrected chi connectivity index (χ1v) is 31.5. The van der Waals surface area contributed by atoms with Gasteiger partial charge >= 0.3 is 5.97 Å². The van der Waals surface area contributed by atoms with Crippen LogP contribution in [0.1, 0.15) is 245 Å². The summed E-state index contributed by atoms with van der Waals surface area (Å²) in [5.74, 6) is -0.585. The van der Waals surface area contributed by atoms with Crippen molar-refractivity contribution in [3.05, 3.63) is 97.2 Å². The van der Waals surface area contributed by atoms with Crippen LogP contribution in [0.5, 0.6) is 0 Å². The van der Waals surface area contributed by atoms with E-state index in [1.165, 1.54) is 89.9 Å². The standard InChI is InChI=1S/C64H113N2O7P/c1-7-10-13-16-19-22-25-27-29-30-31-32-33-34-35-36-37-39-42-45-48-51-54-57-64(68)73-62(55-52-49-46-43-40-24-21-18-15-12-9-3)61(60-72-74(69,70)71-59-58-66(4,5)6)65-63(67)56-53-50-47-44-41-38-28-26-23-20-17-14-11-8-2/h11,14,19-20,22-23,27-29,31-32,34-35,38,52,55,61-62H,7-10,12-13,15-18,21,24-26,30,33,36-37,39-51,53-54,56-60H2,1-6H3,(H-,65,67,69,70)/b14-11+,22-19-,23-20+,29-27-,32-31-,35-34-,38-28+,55-52-. The van der Waals surface area contributed by atoms with Crippen LogP contribution < -0.4 is 10.2 Å². The van der Waals surface area contributed by atoms with Crippen LogP contribution in [0.3, 0.4) is 0 Å². The molecule has 3 atom stereocenters. The molecule has 0 radical (unpaired) electrons. The van der Waals surface area contributed by atoms with Gasteiger partial charge in [0.2, 0.25) is 5.91 Å². The number of nitrogens with zero attached hydrogens (tertiary/aromatic N) is 1. The quantitative estimate of drug-likeness (QED) is 0.0212. The lowest BCUT2D eigenvalue weighted by atomic mass is 10.1. The molecule has 0 fully saturated rings. The summed E-state index contributed by atoms with van der Waals surface area (Å²) in [5, 5.41) is 3.00. The van der Waals surface area contributed by atoms with Crippen molar-refractivity contribution in [3.63, 3.8) is 0 Å². The average Bonchev–Trinajstić information content (AvgIpc) is 3.36. The predicted molar refractivity (Wildman–Crippen MR) is 316 cm³/mol. The number of carbonyl (C=O) groups excluding carboxylic acids is 2. The van der Waals surface area contributed by atoms with Gasteiger partial charge in [0.25, 0.3) is 7.82 Å². The van der Waals surface area contributed by atoms with Gasteiger partial charge in [-0.05, 0) is 109 Å². The summed E-state index contributed by atoms with van der Waals surface area (Å²) < 4.78 is 30.2. The lowest BCUT2D eigenvalue weighted by molar-refractivity contribution is -0.870. The number of unbranched alkanes of at least 4 members (excludes halogenated alkanes) is 23. The van der Waals surface area contributed by atoms with Crippen molar-refractivity contribution in [2.45, 2.75) is 258 Å². The van der Waals surface area contributed by atoms with Crippen molar-refractivity contribution in [2.24, 2.45) is 0 Å². The molecule has 0 aliphatic rings. The number of ether oxygens (including phenoxy) is 1. The van der Waals surface area contributed by atoms with Crippen molar-refractivity contribution in [2.75, 3.05) is 40.9 Å². The summed E-state index contributed by atoms with van der Waals surface area (Å²) in [6.07, 6.45) is 70.9. The number of carbonyl (C=O) groups is 2. The number of allylic oxidation sites excluding steroid dienone is 15. The molecule has 74 heavy (non-hydrogen) atoms. The summed E-state index contributed by atoms with van der Waals surface area (Å²) in [7, 11) is 1.15. The Morgan fingerprint density at radius 3 is 1.32 bits per heavy atom. The maximum atomic E-state index is 13.5. The molecule has 1 N–H and O–H groups in total.